The van der Waals surface area contributed by atoms with E-state index in [1.54, 1.807) is 6.07 Å². The van der Waals surface area contributed by atoms with Gasteiger partial charge in [-0.25, -0.2) is 9.53 Å². The highest BCUT2D eigenvalue weighted by molar-refractivity contribution is 5.68. The van der Waals surface area contributed by atoms with E-state index in [0.29, 0.717) is 25.9 Å². The van der Waals surface area contributed by atoms with Crippen molar-refractivity contribution in [1.82, 2.24) is 4.90 Å². The van der Waals surface area contributed by atoms with Gasteiger partial charge in [-0.3, -0.25) is 0 Å². The second-order valence-corrected chi connectivity index (χ2v) is 5.01. The first-order valence-electron chi connectivity index (χ1n) is 6.86. The molecule has 0 radical (unpaired) electrons. The van der Waals surface area contributed by atoms with Crippen LogP contribution in [0.2, 0.25) is 0 Å². The Kier molecular flexibility index (Phi) is 5.25. The van der Waals surface area contributed by atoms with Crippen molar-refractivity contribution in [1.29, 1.82) is 0 Å². The maximum atomic E-state index is 12.5. The summed E-state index contributed by atoms with van der Waals surface area (Å²) in [6, 6.07) is 7.51. The van der Waals surface area contributed by atoms with E-state index in [-0.39, 0.29) is 11.6 Å². The van der Waals surface area contributed by atoms with Crippen LogP contribution in [0.5, 0.6) is 0 Å². The van der Waals surface area contributed by atoms with Crippen LogP contribution in [-0.4, -0.2) is 36.5 Å². The molecular weight excluding hydrogens is 301 g/mol. The second kappa shape index (κ2) is 6.97. The van der Waals surface area contributed by atoms with Gasteiger partial charge in [0.25, 0.3) is 0 Å². The van der Waals surface area contributed by atoms with Gasteiger partial charge in [-0.2, -0.15) is 0 Å². The molecule has 1 saturated heterocycles. The lowest BCUT2D eigenvalue weighted by Crippen LogP contribution is -2.43. The number of amides is 1. The van der Waals surface area contributed by atoms with Crippen LogP contribution in [0.1, 0.15) is 24.7 Å². The van der Waals surface area contributed by atoms with Crippen LogP contribution >= 0.6 is 0 Å². The molecule has 2 N–H and O–H groups in total. The maximum Gasteiger partial charge on any atom is 0.525 e. The van der Waals surface area contributed by atoms with E-state index >= 15 is 0 Å². The molecule has 1 aromatic carbocycles. The third-order valence-electron chi connectivity index (χ3n) is 3.32. The van der Waals surface area contributed by atoms with E-state index in [4.69, 9.17) is 10.5 Å². The van der Waals surface area contributed by atoms with Crippen molar-refractivity contribution in [2.75, 3.05) is 13.1 Å². The monoisotopic (exact) mass is 318 g/mol. The SMILES string of the molecule is NC1CCN(C(=O)OC(OC(F)(F)F)c2ccccc2)CC1. The number of piperidine rings is 1. The first-order valence-corrected chi connectivity index (χ1v) is 6.86. The van der Waals surface area contributed by atoms with Crippen molar-refractivity contribution >= 4 is 6.09 Å². The molecule has 1 fully saturated rings. The fraction of sp³-hybridized carbons (Fsp3) is 0.500. The average molecular weight is 318 g/mol. The number of halogens is 3. The van der Waals surface area contributed by atoms with Crippen LogP contribution < -0.4 is 5.73 Å². The van der Waals surface area contributed by atoms with Crippen LogP contribution in [0.4, 0.5) is 18.0 Å². The lowest BCUT2D eigenvalue weighted by Gasteiger charge is -2.31. The molecule has 1 aromatic rings. The number of carbonyl (C=O) groups excluding carboxylic acids is 1. The minimum atomic E-state index is -4.91. The fourth-order valence-electron chi connectivity index (χ4n) is 2.14. The molecule has 1 amide bonds. The Balaban J connectivity index is 2.04. The molecule has 1 atom stereocenters. The van der Waals surface area contributed by atoms with Crippen LogP contribution in [0.25, 0.3) is 0 Å². The minimum Gasteiger partial charge on any atom is -0.415 e. The van der Waals surface area contributed by atoms with Crippen molar-refractivity contribution in [3.05, 3.63) is 35.9 Å². The number of alkyl halides is 3. The van der Waals surface area contributed by atoms with E-state index in [0.717, 1.165) is 0 Å². The first kappa shape index (κ1) is 16.6. The van der Waals surface area contributed by atoms with Gasteiger partial charge in [0.1, 0.15) is 0 Å². The van der Waals surface area contributed by atoms with Gasteiger partial charge in [0.05, 0.1) is 0 Å². The topological polar surface area (TPSA) is 64.8 Å². The molecule has 2 rings (SSSR count). The number of hydrogen-bond donors (Lipinski definition) is 1. The van der Waals surface area contributed by atoms with E-state index in [1.807, 2.05) is 0 Å². The third kappa shape index (κ3) is 4.88. The Morgan fingerprint density at radius 1 is 1.23 bits per heavy atom. The third-order valence-corrected chi connectivity index (χ3v) is 3.32. The van der Waals surface area contributed by atoms with E-state index < -0.39 is 18.7 Å². The van der Waals surface area contributed by atoms with Crippen LogP contribution in [-0.2, 0) is 9.47 Å². The molecule has 1 unspecified atom stereocenters. The molecule has 0 spiro atoms. The lowest BCUT2D eigenvalue weighted by atomic mass is 10.1. The molecule has 0 bridgehead atoms. The van der Waals surface area contributed by atoms with E-state index in [2.05, 4.69) is 4.74 Å². The zero-order valence-electron chi connectivity index (χ0n) is 11.8. The number of carbonyl (C=O) groups is 1. The molecule has 5 nitrogen and oxygen atoms in total. The van der Waals surface area contributed by atoms with Gasteiger partial charge >= 0.3 is 12.5 Å². The number of benzene rings is 1. The Morgan fingerprint density at radius 3 is 2.36 bits per heavy atom. The zero-order chi connectivity index (χ0) is 16.2. The van der Waals surface area contributed by atoms with Crippen molar-refractivity contribution in [3.8, 4) is 0 Å². The molecule has 0 saturated carbocycles. The number of ether oxygens (including phenoxy) is 2. The van der Waals surface area contributed by atoms with Gasteiger partial charge < -0.3 is 15.4 Å². The predicted molar refractivity (Wildman–Crippen MR) is 71.6 cm³/mol. The van der Waals surface area contributed by atoms with E-state index in [9.17, 15) is 18.0 Å². The Labute approximate surface area is 125 Å². The van der Waals surface area contributed by atoms with Gasteiger partial charge in [-0.05, 0) is 12.8 Å². The second-order valence-electron chi connectivity index (χ2n) is 5.01. The maximum absolute atomic E-state index is 12.5. The Morgan fingerprint density at radius 2 is 1.82 bits per heavy atom. The number of likely N-dealkylation sites (tertiary alicyclic amines) is 1. The smallest absolute Gasteiger partial charge is 0.415 e. The summed E-state index contributed by atoms with van der Waals surface area (Å²) in [7, 11) is 0. The van der Waals surface area contributed by atoms with Gasteiger partial charge in [-0.15, -0.1) is 13.2 Å². The normalized spacial score (nSPS) is 18.1. The highest BCUT2D eigenvalue weighted by Crippen LogP contribution is 2.29. The van der Waals surface area contributed by atoms with Crippen molar-refractivity contribution in [3.63, 3.8) is 0 Å². The highest BCUT2D eigenvalue weighted by Gasteiger charge is 2.37. The van der Waals surface area contributed by atoms with Gasteiger partial charge in [0, 0.05) is 24.7 Å². The molecule has 8 heteroatoms. The first-order chi connectivity index (χ1) is 10.3. The average Bonchev–Trinajstić information content (AvgIpc) is 2.47. The van der Waals surface area contributed by atoms with Crippen molar-refractivity contribution < 1.29 is 27.4 Å². The minimum absolute atomic E-state index is 0.000366. The number of nitrogens with zero attached hydrogens (tertiary/aromatic N) is 1. The Hall–Kier alpha value is -1.80. The summed E-state index contributed by atoms with van der Waals surface area (Å²) in [6.45, 7) is 0.709. The highest BCUT2D eigenvalue weighted by atomic mass is 19.4. The quantitative estimate of drug-likeness (QED) is 0.870. The fourth-order valence-corrected chi connectivity index (χ4v) is 2.14. The van der Waals surface area contributed by atoms with Gasteiger partial charge in [-0.1, -0.05) is 30.3 Å². The molecule has 122 valence electrons. The van der Waals surface area contributed by atoms with Gasteiger partial charge in [0.2, 0.25) is 6.29 Å². The summed E-state index contributed by atoms with van der Waals surface area (Å²) in [5.74, 6) is 0. The molecule has 22 heavy (non-hydrogen) atoms. The molecule has 1 heterocycles. The lowest BCUT2D eigenvalue weighted by molar-refractivity contribution is -0.374. The summed E-state index contributed by atoms with van der Waals surface area (Å²) in [6.07, 6.45) is -6.41. The van der Waals surface area contributed by atoms with Gasteiger partial charge in [0.15, 0.2) is 0 Å². The summed E-state index contributed by atoms with van der Waals surface area (Å²) in [5, 5.41) is 0. The summed E-state index contributed by atoms with van der Waals surface area (Å²) >= 11 is 0. The number of nitrogens with two attached hydrogens (primary N) is 1. The van der Waals surface area contributed by atoms with Crippen molar-refractivity contribution in [2.24, 2.45) is 5.73 Å². The molecule has 0 aromatic heterocycles. The summed E-state index contributed by atoms with van der Waals surface area (Å²) < 4.78 is 46.3. The van der Waals surface area contributed by atoms with E-state index in [1.165, 1.54) is 29.2 Å². The van der Waals surface area contributed by atoms with Crippen LogP contribution in [0, 0.1) is 0 Å². The molecule has 1 aliphatic heterocycles. The van der Waals surface area contributed by atoms with Crippen molar-refractivity contribution in [2.45, 2.75) is 31.5 Å². The zero-order valence-corrected chi connectivity index (χ0v) is 11.8. The standard InChI is InChI=1S/C14H17F3N2O3/c15-14(16,17)22-12(10-4-2-1-3-5-10)21-13(20)19-8-6-11(18)7-9-19/h1-5,11-12H,6-9,18H2. The number of rotatable bonds is 3. The summed E-state index contributed by atoms with van der Waals surface area (Å²) in [5.41, 5.74) is 5.83. The van der Waals surface area contributed by atoms with Crippen LogP contribution in [0.3, 0.4) is 0 Å². The largest absolute Gasteiger partial charge is 0.525 e. The number of hydrogen-bond acceptors (Lipinski definition) is 4. The summed E-state index contributed by atoms with van der Waals surface area (Å²) in [4.78, 5) is 13.3. The molecular formula is C14H17F3N2O3. The Bertz CT molecular complexity index is 488. The van der Waals surface area contributed by atoms with Crippen LogP contribution in [0.15, 0.2) is 30.3 Å². The molecule has 0 aliphatic carbocycles. The predicted octanol–water partition coefficient (Wildman–Crippen LogP) is 2.78. The molecule has 1 aliphatic rings.